The molecule has 218 valence electrons. The zero-order chi connectivity index (χ0) is 29.2. The number of aryl methyl sites for hydroxylation is 1. The summed E-state index contributed by atoms with van der Waals surface area (Å²) in [5, 5.41) is 8.17. The Morgan fingerprint density at radius 1 is 1.12 bits per heavy atom. The number of hydrogen-bond acceptors (Lipinski definition) is 5. The van der Waals surface area contributed by atoms with Gasteiger partial charge in [0.25, 0.3) is 5.91 Å². The first kappa shape index (κ1) is 27.8. The van der Waals surface area contributed by atoms with E-state index in [-0.39, 0.29) is 29.1 Å². The van der Waals surface area contributed by atoms with E-state index in [4.69, 9.17) is 4.74 Å². The van der Waals surface area contributed by atoms with E-state index in [1.54, 1.807) is 25.4 Å². The van der Waals surface area contributed by atoms with Gasteiger partial charge < -0.3 is 14.2 Å². The van der Waals surface area contributed by atoms with Crippen LogP contribution in [0.5, 0.6) is 0 Å². The summed E-state index contributed by atoms with van der Waals surface area (Å²) in [5.74, 6) is 0.337. The highest BCUT2D eigenvalue weighted by molar-refractivity contribution is 6.10. The van der Waals surface area contributed by atoms with Crippen LogP contribution in [0, 0.1) is 0 Å². The van der Waals surface area contributed by atoms with E-state index < -0.39 is 23.3 Å². The van der Waals surface area contributed by atoms with E-state index in [0.717, 1.165) is 11.4 Å². The van der Waals surface area contributed by atoms with Crippen LogP contribution in [0.25, 0.3) is 0 Å². The average molecular weight is 572 g/mol. The Morgan fingerprint density at radius 2 is 1.85 bits per heavy atom. The summed E-state index contributed by atoms with van der Waals surface area (Å²) in [6.07, 6.45) is -1.77. The van der Waals surface area contributed by atoms with Crippen molar-refractivity contribution in [1.82, 2.24) is 19.7 Å². The number of piperidine rings is 1. The molecule has 4 heterocycles. The smallest absolute Gasteiger partial charge is 0.379 e. The highest BCUT2D eigenvalue weighted by Crippen LogP contribution is 2.43. The lowest BCUT2D eigenvalue weighted by atomic mass is 9.75. The fraction of sp³-hybridized carbons (Fsp3) is 0.500. The molecule has 0 aliphatic carbocycles. The maximum absolute atomic E-state index is 14.4. The van der Waals surface area contributed by atoms with Crippen LogP contribution in [-0.2, 0) is 36.3 Å². The SMILES string of the molecule is C[C@@H](c1cc2c(c(C(F)(F)F)c1)CN(c1cccc(C3(Cc4nncn4C)COC3)c1)C2=O)N1CCC(C)(F)CC1. The van der Waals surface area contributed by atoms with E-state index in [1.165, 1.54) is 11.0 Å². The maximum atomic E-state index is 14.4. The van der Waals surface area contributed by atoms with E-state index in [0.29, 0.717) is 56.8 Å². The number of ether oxygens (including phenoxy) is 1. The van der Waals surface area contributed by atoms with Gasteiger partial charge in [-0.1, -0.05) is 12.1 Å². The van der Waals surface area contributed by atoms with E-state index in [9.17, 15) is 22.4 Å². The van der Waals surface area contributed by atoms with Gasteiger partial charge >= 0.3 is 6.18 Å². The monoisotopic (exact) mass is 571 g/mol. The van der Waals surface area contributed by atoms with Gasteiger partial charge in [0.1, 0.15) is 17.8 Å². The first-order chi connectivity index (χ1) is 19.4. The standard InChI is InChI=1S/C30H33F4N5O2/c1-19(38-9-7-28(2,31)8-10-38)20-11-23-24(25(12-20)30(32,33)34)15-39(27(23)40)22-6-4-5-21(13-22)29(16-41-17-29)14-26-36-35-18-37(26)3/h4-6,11-13,18-19H,7-10,14-17H2,1-3H3/t19-/m0/s1. The second-order valence-corrected chi connectivity index (χ2v) is 12.0. The molecular weight excluding hydrogens is 538 g/mol. The summed E-state index contributed by atoms with van der Waals surface area (Å²) in [6.45, 7) is 5.03. The molecule has 3 aromatic rings. The molecule has 1 aromatic heterocycles. The minimum absolute atomic E-state index is 0.0143. The molecule has 41 heavy (non-hydrogen) atoms. The third-order valence-corrected chi connectivity index (χ3v) is 9.07. The molecule has 2 fully saturated rings. The summed E-state index contributed by atoms with van der Waals surface area (Å²) < 4.78 is 64.9. The van der Waals surface area contributed by atoms with Crippen LogP contribution in [0.4, 0.5) is 23.2 Å². The maximum Gasteiger partial charge on any atom is 0.416 e. The number of halogens is 4. The topological polar surface area (TPSA) is 63.5 Å². The highest BCUT2D eigenvalue weighted by atomic mass is 19.4. The fourth-order valence-corrected chi connectivity index (χ4v) is 6.21. The average Bonchev–Trinajstić information content (AvgIpc) is 3.46. The number of aromatic nitrogens is 3. The van der Waals surface area contributed by atoms with Crippen molar-refractivity contribution in [2.24, 2.45) is 7.05 Å². The van der Waals surface area contributed by atoms with E-state index in [1.807, 2.05) is 41.6 Å². The second kappa shape index (κ2) is 9.90. The predicted octanol–water partition coefficient (Wildman–Crippen LogP) is 5.39. The van der Waals surface area contributed by atoms with Gasteiger partial charge in [-0.15, -0.1) is 10.2 Å². The molecule has 1 amide bonds. The molecule has 1 atom stereocenters. The lowest BCUT2D eigenvalue weighted by Gasteiger charge is -2.42. The summed E-state index contributed by atoms with van der Waals surface area (Å²) in [6, 6.07) is 9.79. The zero-order valence-corrected chi connectivity index (χ0v) is 23.3. The summed E-state index contributed by atoms with van der Waals surface area (Å²) in [7, 11) is 1.87. The zero-order valence-electron chi connectivity index (χ0n) is 23.3. The Balaban J connectivity index is 1.31. The summed E-state index contributed by atoms with van der Waals surface area (Å²) in [5.41, 5.74) is -0.485. The van der Waals surface area contributed by atoms with Crippen molar-refractivity contribution < 1.29 is 27.1 Å². The largest absolute Gasteiger partial charge is 0.416 e. The van der Waals surface area contributed by atoms with Gasteiger partial charge in [-0.25, -0.2) is 4.39 Å². The first-order valence-electron chi connectivity index (χ1n) is 13.9. The Kier molecular flexibility index (Phi) is 6.73. The van der Waals surface area contributed by atoms with Crippen molar-refractivity contribution in [2.45, 2.75) is 63.0 Å². The Morgan fingerprint density at radius 3 is 2.46 bits per heavy atom. The molecule has 0 saturated carbocycles. The molecule has 3 aliphatic heterocycles. The van der Waals surface area contributed by atoms with Crippen LogP contribution >= 0.6 is 0 Å². The van der Waals surface area contributed by atoms with Gasteiger partial charge in [0.2, 0.25) is 0 Å². The van der Waals surface area contributed by atoms with Crippen LogP contribution in [0.2, 0.25) is 0 Å². The molecule has 2 saturated heterocycles. The molecule has 7 nitrogen and oxygen atoms in total. The fourth-order valence-electron chi connectivity index (χ4n) is 6.21. The van der Waals surface area contributed by atoms with Gasteiger partial charge in [0.15, 0.2) is 0 Å². The number of fused-ring (bicyclic) bond motifs is 1. The lowest BCUT2D eigenvalue weighted by Crippen LogP contribution is -2.49. The van der Waals surface area contributed by atoms with Gasteiger partial charge in [0.05, 0.1) is 25.3 Å². The van der Waals surface area contributed by atoms with Crippen LogP contribution in [0.3, 0.4) is 0 Å². The lowest BCUT2D eigenvalue weighted by molar-refractivity contribution is -0.138. The van der Waals surface area contributed by atoms with E-state index >= 15 is 0 Å². The van der Waals surface area contributed by atoms with Crippen LogP contribution in [-0.4, -0.2) is 57.5 Å². The number of rotatable bonds is 6. The third kappa shape index (κ3) is 5.03. The van der Waals surface area contributed by atoms with Crippen molar-refractivity contribution in [3.8, 4) is 0 Å². The first-order valence-corrected chi connectivity index (χ1v) is 13.9. The number of alkyl halides is 4. The number of carbonyl (C=O) groups is 1. The normalized spacial score (nSPS) is 21.0. The molecule has 6 rings (SSSR count). The quantitative estimate of drug-likeness (QED) is 0.372. The number of hydrogen-bond donors (Lipinski definition) is 0. The molecule has 0 unspecified atom stereocenters. The Labute approximate surface area is 236 Å². The molecule has 11 heteroatoms. The Hall–Kier alpha value is -3.31. The van der Waals surface area contributed by atoms with Gasteiger partial charge in [-0.2, -0.15) is 13.2 Å². The molecule has 0 bridgehead atoms. The molecule has 3 aliphatic rings. The number of carbonyl (C=O) groups excluding carboxylic acids is 1. The molecule has 2 aromatic carbocycles. The van der Waals surface area contributed by atoms with Gasteiger partial charge in [-0.05, 0) is 67.6 Å². The van der Waals surface area contributed by atoms with Crippen molar-refractivity contribution in [1.29, 1.82) is 0 Å². The number of anilines is 1. The van der Waals surface area contributed by atoms with Crippen molar-refractivity contribution >= 4 is 11.6 Å². The summed E-state index contributed by atoms with van der Waals surface area (Å²) >= 11 is 0. The van der Waals surface area contributed by atoms with Crippen molar-refractivity contribution in [2.75, 3.05) is 31.2 Å². The number of amides is 1. The summed E-state index contributed by atoms with van der Waals surface area (Å²) in [4.78, 5) is 17.1. The van der Waals surface area contributed by atoms with Crippen molar-refractivity contribution in [3.05, 3.63) is 76.4 Å². The number of benzene rings is 2. The van der Waals surface area contributed by atoms with Gasteiger partial charge in [0, 0.05) is 49.3 Å². The highest BCUT2D eigenvalue weighted by Gasteiger charge is 2.44. The number of nitrogens with zero attached hydrogens (tertiary/aromatic N) is 5. The van der Waals surface area contributed by atoms with Gasteiger partial charge in [-0.3, -0.25) is 9.69 Å². The predicted molar refractivity (Wildman–Crippen MR) is 144 cm³/mol. The Bertz CT molecular complexity index is 1470. The molecule has 0 radical (unpaired) electrons. The third-order valence-electron chi connectivity index (χ3n) is 9.07. The molecule has 0 spiro atoms. The molecule has 0 N–H and O–H groups in total. The molecular formula is C30H33F4N5O2. The van der Waals surface area contributed by atoms with Crippen molar-refractivity contribution in [3.63, 3.8) is 0 Å². The van der Waals surface area contributed by atoms with E-state index in [2.05, 4.69) is 10.2 Å². The minimum Gasteiger partial charge on any atom is -0.379 e. The van der Waals surface area contributed by atoms with Crippen LogP contribution in [0.15, 0.2) is 42.7 Å². The van der Waals surface area contributed by atoms with Crippen LogP contribution < -0.4 is 4.90 Å². The van der Waals surface area contributed by atoms with Crippen LogP contribution in [0.1, 0.15) is 71.2 Å². The number of likely N-dealkylation sites (tertiary alicyclic amines) is 1. The second-order valence-electron chi connectivity index (χ2n) is 12.0. The minimum atomic E-state index is -4.62.